The summed E-state index contributed by atoms with van der Waals surface area (Å²) in [4.78, 5) is 4.95. The van der Waals surface area contributed by atoms with Crippen LogP contribution in [0.15, 0.2) is 218 Å². The number of hydrogen-bond donors (Lipinski definition) is 0. The average molecular weight is 789 g/mol. The van der Waals surface area contributed by atoms with Crippen molar-refractivity contribution in [2.45, 2.75) is 0 Å². The van der Waals surface area contributed by atoms with Crippen LogP contribution in [0.1, 0.15) is 0 Å². The van der Waals surface area contributed by atoms with Crippen molar-refractivity contribution in [1.82, 2.24) is 8.80 Å². The van der Waals surface area contributed by atoms with E-state index in [1.807, 2.05) is 0 Å². The standard InChI is InChI=1S/C58H36N4/c1-5-19-37(20-6-1)59(38-21-7-2-8-22-38)51-36-50-53(45-31-17-29-43-41-27-13-15-33-48(41)61(50)56(43)45)47-35-52(60(39-23-9-3-10-24-39)40-25-11-4-12-26-40)58-55(54(47)51)46-32-18-30-44-42-28-14-16-34-49(42)62(58)57(44)46/h1-36H. The second-order valence-corrected chi connectivity index (χ2v) is 16.5. The fraction of sp³-hybridized carbons (Fsp3) is 0. The van der Waals surface area contributed by atoms with Crippen molar-refractivity contribution in [2.24, 2.45) is 0 Å². The molecular weight excluding hydrogens is 753 g/mol. The lowest BCUT2D eigenvalue weighted by molar-refractivity contribution is 1.27. The van der Waals surface area contributed by atoms with E-state index in [0.29, 0.717) is 0 Å². The van der Waals surface area contributed by atoms with Gasteiger partial charge in [0.05, 0.1) is 44.5 Å². The molecule has 0 amide bonds. The van der Waals surface area contributed by atoms with Gasteiger partial charge in [-0.1, -0.05) is 146 Å². The van der Waals surface area contributed by atoms with Gasteiger partial charge in [0.25, 0.3) is 0 Å². The topological polar surface area (TPSA) is 15.3 Å². The van der Waals surface area contributed by atoms with Crippen molar-refractivity contribution < 1.29 is 0 Å². The van der Waals surface area contributed by atoms with Crippen LogP contribution in [0, 0.1) is 0 Å². The zero-order valence-electron chi connectivity index (χ0n) is 33.6. The zero-order chi connectivity index (χ0) is 40.5. The van der Waals surface area contributed by atoms with Crippen LogP contribution < -0.4 is 9.80 Å². The molecule has 0 aliphatic heterocycles. The lowest BCUT2D eigenvalue weighted by Gasteiger charge is -2.30. The van der Waals surface area contributed by atoms with Crippen LogP contribution in [0.2, 0.25) is 0 Å². The molecule has 0 spiro atoms. The number of aromatic nitrogens is 2. The maximum Gasteiger partial charge on any atom is 0.0790 e. The molecule has 288 valence electrons. The lowest BCUT2D eigenvalue weighted by atomic mass is 9.94. The van der Waals surface area contributed by atoms with Crippen molar-refractivity contribution in [3.8, 4) is 0 Å². The first-order valence-electron chi connectivity index (χ1n) is 21.4. The van der Waals surface area contributed by atoms with Gasteiger partial charge in [-0.05, 0) is 78.2 Å². The first-order chi connectivity index (χ1) is 30.8. The number of fused-ring (bicyclic) bond motifs is 15. The highest BCUT2D eigenvalue weighted by molar-refractivity contribution is 6.39. The number of nitrogens with zero attached hydrogens (tertiary/aromatic N) is 4. The van der Waals surface area contributed by atoms with Crippen molar-refractivity contribution >= 4 is 121 Å². The first-order valence-corrected chi connectivity index (χ1v) is 21.4. The van der Waals surface area contributed by atoms with E-state index in [1.54, 1.807) is 0 Å². The zero-order valence-corrected chi connectivity index (χ0v) is 33.6. The Morgan fingerprint density at radius 2 is 0.645 bits per heavy atom. The minimum atomic E-state index is 1.10. The summed E-state index contributed by atoms with van der Waals surface area (Å²) in [7, 11) is 0. The predicted octanol–water partition coefficient (Wildman–Crippen LogP) is 16.1. The Morgan fingerprint density at radius 1 is 0.242 bits per heavy atom. The van der Waals surface area contributed by atoms with Crippen molar-refractivity contribution in [1.29, 1.82) is 0 Å². The highest BCUT2D eigenvalue weighted by Crippen LogP contribution is 2.54. The smallest absolute Gasteiger partial charge is 0.0790 e. The summed E-state index contributed by atoms with van der Waals surface area (Å²) < 4.78 is 5.09. The van der Waals surface area contributed by atoms with Crippen LogP contribution in [0.25, 0.3) is 87.0 Å². The van der Waals surface area contributed by atoms with Gasteiger partial charge in [0.1, 0.15) is 0 Å². The Morgan fingerprint density at radius 3 is 1.18 bits per heavy atom. The Kier molecular flexibility index (Phi) is 6.80. The molecule has 0 bridgehead atoms. The lowest BCUT2D eigenvalue weighted by Crippen LogP contribution is -2.12. The third-order valence-electron chi connectivity index (χ3n) is 13.3. The first kappa shape index (κ1) is 33.5. The van der Waals surface area contributed by atoms with Gasteiger partial charge in [0.2, 0.25) is 0 Å². The molecule has 14 rings (SSSR count). The number of rotatable bonds is 6. The number of para-hydroxylation sites is 8. The van der Waals surface area contributed by atoms with E-state index < -0.39 is 0 Å². The van der Waals surface area contributed by atoms with Crippen molar-refractivity contribution in [2.75, 3.05) is 9.80 Å². The molecule has 4 heterocycles. The van der Waals surface area contributed by atoms with Crippen LogP contribution in [0.3, 0.4) is 0 Å². The third kappa shape index (κ3) is 4.40. The maximum absolute atomic E-state index is 2.56. The van der Waals surface area contributed by atoms with Crippen LogP contribution in [0.5, 0.6) is 0 Å². The van der Waals surface area contributed by atoms with E-state index in [9.17, 15) is 0 Å². The van der Waals surface area contributed by atoms with E-state index in [-0.39, 0.29) is 0 Å². The van der Waals surface area contributed by atoms with Gasteiger partial charge in [-0.3, -0.25) is 0 Å². The summed E-state index contributed by atoms with van der Waals surface area (Å²) in [5.74, 6) is 0. The summed E-state index contributed by atoms with van der Waals surface area (Å²) in [5, 5.41) is 12.5. The molecule has 0 N–H and O–H groups in total. The van der Waals surface area contributed by atoms with E-state index in [2.05, 4.69) is 237 Å². The normalized spacial score (nSPS) is 12.2. The fourth-order valence-electron chi connectivity index (χ4n) is 10.9. The second-order valence-electron chi connectivity index (χ2n) is 16.5. The molecule has 0 aliphatic rings. The summed E-state index contributed by atoms with van der Waals surface area (Å²) in [6.45, 7) is 0. The Bertz CT molecular complexity index is 3940. The minimum absolute atomic E-state index is 1.10. The SMILES string of the molecule is c1ccc(N(c2ccccc2)c2cc3c(c4cc(N(c5ccccc5)c5ccccc5)c5c(c6cccc7c8ccccc8n5c76)c24)c2cccc4c5ccccc5n3c42)cc1. The van der Waals surface area contributed by atoms with E-state index >= 15 is 0 Å². The van der Waals surface area contributed by atoms with Crippen molar-refractivity contribution in [3.63, 3.8) is 0 Å². The van der Waals surface area contributed by atoms with Crippen LogP contribution in [0.4, 0.5) is 34.1 Å². The summed E-state index contributed by atoms with van der Waals surface area (Å²) >= 11 is 0. The number of benzene rings is 10. The Labute approximate surface area is 356 Å². The largest absolute Gasteiger partial charge is 0.310 e. The molecule has 4 heteroatoms. The molecule has 0 atom stereocenters. The molecule has 0 aliphatic carbocycles. The van der Waals surface area contributed by atoms with Gasteiger partial charge >= 0.3 is 0 Å². The van der Waals surface area contributed by atoms with Crippen LogP contribution >= 0.6 is 0 Å². The van der Waals surface area contributed by atoms with E-state index in [4.69, 9.17) is 0 Å². The van der Waals surface area contributed by atoms with Gasteiger partial charge in [0.15, 0.2) is 0 Å². The third-order valence-corrected chi connectivity index (χ3v) is 13.3. The highest BCUT2D eigenvalue weighted by Gasteiger charge is 2.30. The molecule has 0 saturated carbocycles. The molecule has 0 radical (unpaired) electrons. The van der Waals surface area contributed by atoms with Crippen molar-refractivity contribution in [3.05, 3.63) is 218 Å². The molecular formula is C58H36N4. The molecule has 10 aromatic carbocycles. The number of anilines is 6. The van der Waals surface area contributed by atoms with Gasteiger partial charge in [-0.25, -0.2) is 0 Å². The molecule has 4 aromatic heterocycles. The summed E-state index contributed by atoms with van der Waals surface area (Å²) in [6, 6.07) is 80.1. The van der Waals surface area contributed by atoms with E-state index in [0.717, 1.165) is 34.1 Å². The van der Waals surface area contributed by atoms with Gasteiger partial charge in [-0.2, -0.15) is 0 Å². The van der Waals surface area contributed by atoms with E-state index in [1.165, 1.54) is 87.0 Å². The quantitative estimate of drug-likeness (QED) is 0.167. The molecule has 0 fully saturated rings. The van der Waals surface area contributed by atoms with Gasteiger partial charge in [-0.15, -0.1) is 0 Å². The van der Waals surface area contributed by atoms with Crippen LogP contribution in [-0.2, 0) is 0 Å². The maximum atomic E-state index is 2.56. The predicted molar refractivity (Wildman–Crippen MR) is 263 cm³/mol. The molecule has 4 nitrogen and oxygen atoms in total. The Hall–Kier alpha value is -8.34. The van der Waals surface area contributed by atoms with Gasteiger partial charge in [0, 0.05) is 71.2 Å². The fourth-order valence-corrected chi connectivity index (χ4v) is 10.9. The molecule has 0 unspecified atom stereocenters. The summed E-state index contributed by atoms with van der Waals surface area (Å²) in [6.07, 6.45) is 0. The molecule has 14 aromatic rings. The average Bonchev–Trinajstić information content (AvgIpc) is 4.08. The van der Waals surface area contributed by atoms with Crippen LogP contribution in [-0.4, -0.2) is 8.80 Å². The monoisotopic (exact) mass is 788 g/mol. The summed E-state index contributed by atoms with van der Waals surface area (Å²) in [5.41, 5.74) is 14.0. The second kappa shape index (κ2) is 12.6. The highest BCUT2D eigenvalue weighted by atomic mass is 15.2. The molecule has 62 heavy (non-hydrogen) atoms. The number of hydrogen-bond acceptors (Lipinski definition) is 2. The minimum Gasteiger partial charge on any atom is -0.310 e. The molecule has 0 saturated heterocycles. The van der Waals surface area contributed by atoms with Gasteiger partial charge < -0.3 is 18.6 Å². The Balaban J connectivity index is 1.30.